The second kappa shape index (κ2) is 6.85. The molecule has 0 saturated heterocycles. The lowest BCUT2D eigenvalue weighted by Crippen LogP contribution is -2.53. The molecule has 0 bridgehead atoms. The van der Waals surface area contributed by atoms with E-state index in [1.54, 1.807) is 7.11 Å². The third-order valence-corrected chi connectivity index (χ3v) is 9.72. The first-order chi connectivity index (χ1) is 12.8. The van der Waals surface area contributed by atoms with Gasteiger partial charge in [-0.25, -0.2) is 0 Å². The Labute approximate surface area is 165 Å². The smallest absolute Gasteiger partial charge is 0.0917 e. The van der Waals surface area contributed by atoms with Crippen LogP contribution in [0.25, 0.3) is 0 Å². The SMILES string of the molecule is COCC1(O)CC[C@@]2(C)C(=CCC3[C@@H]4CC[C@H]([C@H](C)CO)[C@@]4(C)CC[C@@H]32)C1. The topological polar surface area (TPSA) is 49.7 Å². The molecular weight excluding hydrogens is 336 g/mol. The summed E-state index contributed by atoms with van der Waals surface area (Å²) in [5.41, 5.74) is 1.53. The second-order valence-corrected chi connectivity index (χ2v) is 11.0. The Morgan fingerprint density at radius 1 is 1.15 bits per heavy atom. The summed E-state index contributed by atoms with van der Waals surface area (Å²) >= 11 is 0. The van der Waals surface area contributed by atoms with Crippen LogP contribution in [-0.2, 0) is 4.74 Å². The minimum Gasteiger partial charge on any atom is -0.396 e. The number of aliphatic hydroxyl groups excluding tert-OH is 1. The summed E-state index contributed by atoms with van der Waals surface area (Å²) in [5, 5.41) is 20.7. The van der Waals surface area contributed by atoms with Crippen molar-refractivity contribution in [3.05, 3.63) is 11.6 Å². The maximum absolute atomic E-state index is 10.9. The molecule has 8 atom stereocenters. The first-order valence-corrected chi connectivity index (χ1v) is 11.3. The summed E-state index contributed by atoms with van der Waals surface area (Å²) in [4.78, 5) is 0. The summed E-state index contributed by atoms with van der Waals surface area (Å²) in [5.74, 6) is 3.49. The summed E-state index contributed by atoms with van der Waals surface area (Å²) in [6.45, 7) is 8.07. The predicted octanol–water partition coefficient (Wildman–Crippen LogP) is 4.57. The van der Waals surface area contributed by atoms with Gasteiger partial charge in [-0.2, -0.15) is 0 Å². The zero-order chi connectivity index (χ0) is 19.4. The third kappa shape index (κ3) is 2.95. The quantitative estimate of drug-likeness (QED) is 0.707. The zero-order valence-electron chi connectivity index (χ0n) is 17.8. The Kier molecular flexibility index (Phi) is 5.05. The molecule has 27 heavy (non-hydrogen) atoms. The van der Waals surface area contributed by atoms with E-state index in [0.717, 1.165) is 37.0 Å². The van der Waals surface area contributed by atoms with Crippen LogP contribution in [0, 0.1) is 40.4 Å². The monoisotopic (exact) mass is 376 g/mol. The molecule has 0 aromatic heterocycles. The highest BCUT2D eigenvalue weighted by Crippen LogP contribution is 2.67. The van der Waals surface area contributed by atoms with Gasteiger partial charge in [0.25, 0.3) is 0 Å². The Hall–Kier alpha value is -0.380. The average molecular weight is 377 g/mol. The minimum absolute atomic E-state index is 0.269. The molecule has 0 aromatic carbocycles. The largest absolute Gasteiger partial charge is 0.396 e. The van der Waals surface area contributed by atoms with E-state index in [-0.39, 0.29) is 5.41 Å². The average Bonchev–Trinajstić information content (AvgIpc) is 2.99. The molecule has 0 amide bonds. The van der Waals surface area contributed by atoms with Gasteiger partial charge in [0.15, 0.2) is 0 Å². The summed E-state index contributed by atoms with van der Waals surface area (Å²) in [7, 11) is 1.70. The van der Waals surface area contributed by atoms with Gasteiger partial charge in [0.05, 0.1) is 12.2 Å². The van der Waals surface area contributed by atoms with E-state index in [4.69, 9.17) is 4.74 Å². The Morgan fingerprint density at radius 3 is 2.63 bits per heavy atom. The van der Waals surface area contributed by atoms with Crippen molar-refractivity contribution in [2.45, 2.75) is 77.7 Å². The van der Waals surface area contributed by atoms with E-state index in [1.807, 2.05) is 0 Å². The molecule has 154 valence electrons. The van der Waals surface area contributed by atoms with Crippen molar-refractivity contribution in [2.75, 3.05) is 20.3 Å². The molecule has 0 spiro atoms. The first kappa shape index (κ1) is 19.9. The molecule has 2 N–H and O–H groups in total. The molecule has 2 unspecified atom stereocenters. The van der Waals surface area contributed by atoms with E-state index in [2.05, 4.69) is 26.8 Å². The molecule has 0 aliphatic heterocycles. The van der Waals surface area contributed by atoms with Gasteiger partial charge in [0.1, 0.15) is 0 Å². The van der Waals surface area contributed by atoms with Crippen LogP contribution in [0.2, 0.25) is 0 Å². The molecule has 3 heteroatoms. The molecule has 3 fully saturated rings. The number of hydrogen-bond donors (Lipinski definition) is 2. The van der Waals surface area contributed by atoms with Crippen LogP contribution in [0.3, 0.4) is 0 Å². The second-order valence-electron chi connectivity index (χ2n) is 11.0. The number of fused-ring (bicyclic) bond motifs is 5. The fraction of sp³-hybridized carbons (Fsp3) is 0.917. The molecule has 0 aromatic rings. The minimum atomic E-state index is -0.662. The number of hydrogen-bond acceptors (Lipinski definition) is 3. The Balaban J connectivity index is 1.59. The van der Waals surface area contributed by atoms with Crippen LogP contribution in [0.4, 0.5) is 0 Å². The number of methoxy groups -OCH3 is 1. The fourth-order valence-corrected chi connectivity index (χ4v) is 8.21. The zero-order valence-corrected chi connectivity index (χ0v) is 17.8. The van der Waals surface area contributed by atoms with Crippen molar-refractivity contribution in [1.29, 1.82) is 0 Å². The van der Waals surface area contributed by atoms with Crippen molar-refractivity contribution < 1.29 is 14.9 Å². The number of rotatable bonds is 4. The number of allylic oxidation sites excluding steroid dienone is 1. The molecule has 4 aliphatic rings. The van der Waals surface area contributed by atoms with E-state index >= 15 is 0 Å². The fourth-order valence-electron chi connectivity index (χ4n) is 8.21. The van der Waals surface area contributed by atoms with Crippen LogP contribution in [-0.4, -0.2) is 36.1 Å². The van der Waals surface area contributed by atoms with Crippen molar-refractivity contribution in [3.63, 3.8) is 0 Å². The summed E-state index contributed by atoms with van der Waals surface area (Å²) < 4.78 is 5.32. The summed E-state index contributed by atoms with van der Waals surface area (Å²) in [6, 6.07) is 0. The molecule has 4 aliphatic carbocycles. The molecule has 0 heterocycles. The van der Waals surface area contributed by atoms with Gasteiger partial charge in [-0.05, 0) is 91.8 Å². The van der Waals surface area contributed by atoms with Gasteiger partial charge >= 0.3 is 0 Å². The Bertz CT molecular complexity index is 600. The third-order valence-electron chi connectivity index (χ3n) is 9.72. The predicted molar refractivity (Wildman–Crippen MR) is 108 cm³/mol. The maximum Gasteiger partial charge on any atom is 0.0917 e. The van der Waals surface area contributed by atoms with Crippen LogP contribution in [0.15, 0.2) is 11.6 Å². The van der Waals surface area contributed by atoms with Crippen molar-refractivity contribution in [3.8, 4) is 0 Å². The number of aliphatic hydroxyl groups is 2. The van der Waals surface area contributed by atoms with Gasteiger partial charge in [-0.15, -0.1) is 0 Å². The standard InChI is InChI=1S/C24H40O3/c1-16(14-25)19-7-8-20-18-6-5-17-13-24(26,15-27-4)12-11-22(17,2)21(18)9-10-23(19,20)3/h5,16,18-21,25-26H,6-15H2,1-4H3/t16-,18?,19-,20+,21+,22+,23-,24?/m1/s1. The lowest BCUT2D eigenvalue weighted by molar-refractivity contribution is -0.0939. The van der Waals surface area contributed by atoms with E-state index in [0.29, 0.717) is 30.5 Å². The molecule has 3 saturated carbocycles. The number of ether oxygens (including phenoxy) is 1. The van der Waals surface area contributed by atoms with Gasteiger partial charge in [0, 0.05) is 13.7 Å². The van der Waals surface area contributed by atoms with Crippen LogP contribution in [0.5, 0.6) is 0 Å². The van der Waals surface area contributed by atoms with E-state index < -0.39 is 5.60 Å². The Morgan fingerprint density at radius 2 is 1.93 bits per heavy atom. The molecular formula is C24H40O3. The highest BCUT2D eigenvalue weighted by atomic mass is 16.5. The van der Waals surface area contributed by atoms with Crippen molar-refractivity contribution >= 4 is 0 Å². The molecule has 4 rings (SSSR count). The van der Waals surface area contributed by atoms with Crippen molar-refractivity contribution in [1.82, 2.24) is 0 Å². The van der Waals surface area contributed by atoms with Crippen LogP contribution >= 0.6 is 0 Å². The van der Waals surface area contributed by atoms with Gasteiger partial charge in [-0.3, -0.25) is 0 Å². The highest BCUT2D eigenvalue weighted by Gasteiger charge is 2.59. The normalized spacial score (nSPS) is 50.4. The van der Waals surface area contributed by atoms with Gasteiger partial charge in [-0.1, -0.05) is 32.4 Å². The van der Waals surface area contributed by atoms with Gasteiger partial charge < -0.3 is 14.9 Å². The van der Waals surface area contributed by atoms with E-state index in [1.165, 1.54) is 37.7 Å². The maximum atomic E-state index is 10.9. The molecule has 3 nitrogen and oxygen atoms in total. The highest BCUT2D eigenvalue weighted by molar-refractivity contribution is 5.27. The van der Waals surface area contributed by atoms with Crippen LogP contribution in [0.1, 0.15) is 72.1 Å². The first-order valence-electron chi connectivity index (χ1n) is 11.3. The molecule has 0 radical (unpaired) electrons. The lowest BCUT2D eigenvalue weighted by Gasteiger charge is -2.59. The lowest BCUT2D eigenvalue weighted by atomic mass is 9.46. The van der Waals surface area contributed by atoms with Gasteiger partial charge in [0.2, 0.25) is 0 Å². The van der Waals surface area contributed by atoms with E-state index in [9.17, 15) is 10.2 Å². The van der Waals surface area contributed by atoms with Crippen LogP contribution < -0.4 is 0 Å². The summed E-state index contributed by atoms with van der Waals surface area (Å²) in [6.07, 6.45) is 11.7. The van der Waals surface area contributed by atoms with Crippen molar-refractivity contribution in [2.24, 2.45) is 40.4 Å².